The van der Waals surface area contributed by atoms with Crippen molar-refractivity contribution in [2.24, 2.45) is 0 Å². The zero-order valence-electron chi connectivity index (χ0n) is 13.1. The van der Waals surface area contributed by atoms with Gasteiger partial charge in [-0.05, 0) is 37.0 Å². The van der Waals surface area contributed by atoms with Crippen molar-refractivity contribution in [2.75, 3.05) is 0 Å². The third kappa shape index (κ3) is 2.68. The predicted molar refractivity (Wildman–Crippen MR) is 81.1 cm³/mol. The number of carbonyl (C=O) groups excluding carboxylic acids is 2. The molecule has 3 rings (SSSR count). The first-order valence-corrected chi connectivity index (χ1v) is 7.68. The van der Waals surface area contributed by atoms with E-state index in [1.807, 2.05) is 0 Å². The van der Waals surface area contributed by atoms with E-state index in [9.17, 15) is 22.8 Å². The lowest BCUT2D eigenvalue weighted by Gasteiger charge is -2.31. The van der Waals surface area contributed by atoms with Crippen LogP contribution < -0.4 is 5.32 Å². The molecule has 4 nitrogen and oxygen atoms in total. The zero-order valence-corrected chi connectivity index (χ0v) is 13.1. The topological polar surface area (TPSA) is 49.4 Å². The molecule has 2 aliphatic rings. The molecule has 0 bridgehead atoms. The average molecular weight is 338 g/mol. The molecule has 0 radical (unpaired) electrons. The van der Waals surface area contributed by atoms with Crippen LogP contribution in [0, 0.1) is 0 Å². The summed E-state index contributed by atoms with van der Waals surface area (Å²) < 4.78 is 39.3. The molecule has 0 spiro atoms. The third-order valence-electron chi connectivity index (χ3n) is 4.69. The number of hydrogen-bond donors (Lipinski definition) is 1. The Morgan fingerprint density at radius 1 is 1.33 bits per heavy atom. The van der Waals surface area contributed by atoms with Crippen LogP contribution in [0.15, 0.2) is 30.5 Å². The number of nitrogens with zero attached hydrogens (tertiary/aromatic N) is 1. The number of amides is 2. The molecule has 1 saturated heterocycles. The van der Waals surface area contributed by atoms with Gasteiger partial charge in [0, 0.05) is 17.8 Å². The molecule has 0 aromatic heterocycles. The van der Waals surface area contributed by atoms with Gasteiger partial charge in [-0.3, -0.25) is 9.59 Å². The number of nitrogens with one attached hydrogen (secondary N) is 1. The van der Waals surface area contributed by atoms with E-state index in [4.69, 9.17) is 0 Å². The number of carbonyl (C=O) groups is 2. The van der Waals surface area contributed by atoms with Crippen molar-refractivity contribution in [1.29, 1.82) is 0 Å². The van der Waals surface area contributed by atoms with Crippen LogP contribution in [0.25, 0.3) is 0 Å². The van der Waals surface area contributed by atoms with Gasteiger partial charge < -0.3 is 10.2 Å². The van der Waals surface area contributed by atoms with Gasteiger partial charge in [0.25, 0.3) is 5.91 Å². The summed E-state index contributed by atoms with van der Waals surface area (Å²) in [5.74, 6) is -2.40. The fourth-order valence-corrected chi connectivity index (χ4v) is 3.27. The Balaban J connectivity index is 1.93. The van der Waals surface area contributed by atoms with Gasteiger partial charge in [-0.2, -0.15) is 13.2 Å². The Bertz CT molecular complexity index is 727. The average Bonchev–Trinajstić information content (AvgIpc) is 2.83. The monoisotopic (exact) mass is 338 g/mol. The predicted octanol–water partition coefficient (Wildman–Crippen LogP) is 3.10. The number of fused-ring (bicyclic) bond motifs is 1. The third-order valence-corrected chi connectivity index (χ3v) is 4.69. The minimum Gasteiger partial charge on any atom is -0.329 e. The van der Waals surface area contributed by atoms with Crippen LogP contribution in [-0.4, -0.2) is 28.9 Å². The molecule has 1 aromatic carbocycles. The van der Waals surface area contributed by atoms with Crippen molar-refractivity contribution in [1.82, 2.24) is 10.2 Å². The molecule has 0 aliphatic carbocycles. The molecule has 128 valence electrons. The standard InChI is InChI=1S/C17H17F3N2O2/c1-9-6-7-14(15(23)21-9)22-8-13-11(10(2)17(18,19)20)4-3-5-12(13)16(22)24/h3-5,10,14H,1,6-8H2,2H3,(H,21,23)/t10-,14?/m0/s1. The maximum atomic E-state index is 13.1. The van der Waals surface area contributed by atoms with E-state index >= 15 is 0 Å². The fourth-order valence-electron chi connectivity index (χ4n) is 3.27. The summed E-state index contributed by atoms with van der Waals surface area (Å²) in [4.78, 5) is 26.1. The van der Waals surface area contributed by atoms with Gasteiger partial charge >= 0.3 is 6.18 Å². The van der Waals surface area contributed by atoms with Crippen molar-refractivity contribution in [3.8, 4) is 0 Å². The fraction of sp³-hybridized carbons (Fsp3) is 0.412. The first kappa shape index (κ1) is 16.5. The molecule has 1 fully saturated rings. The first-order valence-electron chi connectivity index (χ1n) is 7.68. The van der Waals surface area contributed by atoms with Crippen LogP contribution in [-0.2, 0) is 11.3 Å². The second kappa shape index (κ2) is 5.65. The smallest absolute Gasteiger partial charge is 0.329 e. The van der Waals surface area contributed by atoms with Crippen LogP contribution >= 0.6 is 0 Å². The summed E-state index contributed by atoms with van der Waals surface area (Å²) in [6.45, 7) is 4.79. The quantitative estimate of drug-likeness (QED) is 0.901. The minimum atomic E-state index is -4.38. The van der Waals surface area contributed by atoms with Gasteiger partial charge in [0.05, 0.1) is 5.92 Å². The van der Waals surface area contributed by atoms with Crippen LogP contribution in [0.1, 0.15) is 47.2 Å². The number of halogens is 3. The van der Waals surface area contributed by atoms with Crippen molar-refractivity contribution in [3.63, 3.8) is 0 Å². The summed E-state index contributed by atoms with van der Waals surface area (Å²) in [5, 5.41) is 2.61. The number of allylic oxidation sites excluding steroid dienone is 1. The highest BCUT2D eigenvalue weighted by atomic mass is 19.4. The molecule has 2 heterocycles. The molecule has 1 unspecified atom stereocenters. The Morgan fingerprint density at radius 3 is 2.67 bits per heavy atom. The van der Waals surface area contributed by atoms with Gasteiger partial charge in [-0.25, -0.2) is 0 Å². The van der Waals surface area contributed by atoms with Crippen LogP contribution in [0.2, 0.25) is 0 Å². The van der Waals surface area contributed by atoms with E-state index in [-0.39, 0.29) is 23.6 Å². The maximum Gasteiger partial charge on any atom is 0.395 e. The van der Waals surface area contributed by atoms with Gasteiger partial charge in [0.15, 0.2) is 0 Å². The second-order valence-corrected chi connectivity index (χ2v) is 6.22. The molecule has 24 heavy (non-hydrogen) atoms. The first-order chi connectivity index (χ1) is 11.2. The SMILES string of the molecule is C=C1CCC(N2Cc3c(cccc3[C@H](C)C(F)(F)F)C2=O)C(=O)N1. The van der Waals surface area contributed by atoms with Crippen molar-refractivity contribution >= 4 is 11.8 Å². The van der Waals surface area contributed by atoms with Gasteiger partial charge in [0.1, 0.15) is 6.04 Å². The van der Waals surface area contributed by atoms with Crippen molar-refractivity contribution in [2.45, 2.75) is 44.4 Å². The van der Waals surface area contributed by atoms with Gasteiger partial charge in [0.2, 0.25) is 5.91 Å². The van der Waals surface area contributed by atoms with E-state index in [0.29, 0.717) is 24.1 Å². The van der Waals surface area contributed by atoms with E-state index in [1.54, 1.807) is 0 Å². The Labute approximate surface area is 137 Å². The molecular weight excluding hydrogens is 321 g/mol. The normalized spacial score (nSPS) is 22.4. The number of hydrogen-bond acceptors (Lipinski definition) is 2. The van der Waals surface area contributed by atoms with E-state index in [1.165, 1.54) is 23.1 Å². The lowest BCUT2D eigenvalue weighted by atomic mass is 9.93. The summed E-state index contributed by atoms with van der Waals surface area (Å²) in [5.41, 5.74) is 1.30. The highest BCUT2D eigenvalue weighted by Crippen LogP contribution is 2.39. The molecule has 2 atom stereocenters. The van der Waals surface area contributed by atoms with Crippen molar-refractivity contribution in [3.05, 3.63) is 47.2 Å². The molecular formula is C17H17F3N2O2. The highest BCUT2D eigenvalue weighted by molar-refractivity contribution is 6.01. The van der Waals surface area contributed by atoms with Crippen LogP contribution in [0.3, 0.4) is 0 Å². The van der Waals surface area contributed by atoms with E-state index < -0.39 is 24.0 Å². The summed E-state index contributed by atoms with van der Waals surface area (Å²) >= 11 is 0. The molecule has 1 N–H and O–H groups in total. The maximum absolute atomic E-state index is 13.1. The molecule has 2 amide bonds. The number of alkyl halides is 3. The van der Waals surface area contributed by atoms with Crippen LogP contribution in [0.5, 0.6) is 0 Å². The molecule has 1 aromatic rings. The zero-order chi connectivity index (χ0) is 17.6. The molecule has 0 saturated carbocycles. The molecule has 7 heteroatoms. The number of rotatable bonds is 2. The van der Waals surface area contributed by atoms with E-state index in [0.717, 1.165) is 6.92 Å². The van der Waals surface area contributed by atoms with Gasteiger partial charge in [-0.15, -0.1) is 0 Å². The summed E-state index contributed by atoms with van der Waals surface area (Å²) in [7, 11) is 0. The lowest BCUT2D eigenvalue weighted by Crippen LogP contribution is -2.49. The van der Waals surface area contributed by atoms with Crippen LogP contribution in [0.4, 0.5) is 13.2 Å². The minimum absolute atomic E-state index is 0.0231. The van der Waals surface area contributed by atoms with E-state index in [2.05, 4.69) is 11.9 Å². The highest BCUT2D eigenvalue weighted by Gasteiger charge is 2.43. The Morgan fingerprint density at radius 2 is 2.04 bits per heavy atom. The van der Waals surface area contributed by atoms with Crippen molar-refractivity contribution < 1.29 is 22.8 Å². The Kier molecular flexibility index (Phi) is 3.89. The van der Waals surface area contributed by atoms with Gasteiger partial charge in [-0.1, -0.05) is 18.7 Å². The summed E-state index contributed by atoms with van der Waals surface area (Å²) in [6.07, 6.45) is -3.41. The number of benzene rings is 1. The second-order valence-electron chi connectivity index (χ2n) is 6.22. The summed E-state index contributed by atoms with van der Waals surface area (Å²) in [6, 6.07) is 3.70. The molecule has 2 aliphatic heterocycles. The Hall–Kier alpha value is -2.31. The largest absolute Gasteiger partial charge is 0.395 e. The number of piperidine rings is 1. The lowest BCUT2D eigenvalue weighted by molar-refractivity contribution is -0.146.